The monoisotopic (exact) mass is 646 g/mol. The second-order valence-electron chi connectivity index (χ2n) is 12.6. The molecule has 1 aromatic heterocycles. The molecule has 0 unspecified atom stereocenters. The van der Waals surface area contributed by atoms with E-state index >= 15 is 0 Å². The van der Waals surface area contributed by atoms with Crippen LogP contribution in [0.1, 0.15) is 16.7 Å². The number of para-hydroxylation sites is 1. The summed E-state index contributed by atoms with van der Waals surface area (Å²) >= 11 is 0. The molecule has 0 aliphatic heterocycles. The van der Waals surface area contributed by atoms with Gasteiger partial charge < -0.3 is 4.57 Å². The molecule has 0 saturated heterocycles. The molecule has 4 nitrogen and oxygen atoms in total. The zero-order chi connectivity index (χ0) is 34.5. The van der Waals surface area contributed by atoms with E-state index in [1.165, 1.54) is 0 Å². The van der Waals surface area contributed by atoms with Gasteiger partial charge in [0.2, 0.25) is 0 Å². The summed E-state index contributed by atoms with van der Waals surface area (Å²) in [6.45, 7) is 0. The molecule has 8 aromatic carbocycles. The molecule has 0 N–H and O–H groups in total. The Morgan fingerprint density at radius 3 is 1.65 bits per heavy atom. The molecule has 1 heterocycles. The van der Waals surface area contributed by atoms with Gasteiger partial charge in [-0.3, -0.25) is 0 Å². The molecule has 0 saturated carbocycles. The minimum Gasteiger partial charge on any atom is -0.308 e. The van der Waals surface area contributed by atoms with Gasteiger partial charge in [0, 0.05) is 21.9 Å². The summed E-state index contributed by atoms with van der Waals surface area (Å²) in [5, 5.41) is 37.7. The molecule has 0 spiro atoms. The van der Waals surface area contributed by atoms with Crippen LogP contribution < -0.4 is 0 Å². The summed E-state index contributed by atoms with van der Waals surface area (Å²) in [4.78, 5) is 0. The summed E-state index contributed by atoms with van der Waals surface area (Å²) in [6.07, 6.45) is 0. The van der Waals surface area contributed by atoms with E-state index in [4.69, 9.17) is 0 Å². The molecular formula is C47H26N4. The minimum absolute atomic E-state index is 0.461. The van der Waals surface area contributed by atoms with Gasteiger partial charge >= 0.3 is 0 Å². The predicted octanol–water partition coefficient (Wildman–Crippen LogP) is 11.7. The number of hydrogen-bond acceptors (Lipinski definition) is 3. The Balaban J connectivity index is 1.39. The van der Waals surface area contributed by atoms with Crippen LogP contribution in [0.4, 0.5) is 0 Å². The summed E-state index contributed by atoms with van der Waals surface area (Å²) in [7, 11) is 0. The van der Waals surface area contributed by atoms with E-state index in [0.29, 0.717) is 33.5 Å². The van der Waals surface area contributed by atoms with Crippen LogP contribution in [0.15, 0.2) is 158 Å². The Morgan fingerprint density at radius 2 is 0.980 bits per heavy atom. The number of aromatic nitrogens is 1. The van der Waals surface area contributed by atoms with Crippen LogP contribution in [-0.2, 0) is 0 Å². The average molecular weight is 647 g/mol. The molecule has 9 aromatic rings. The summed E-state index contributed by atoms with van der Waals surface area (Å²) in [6, 6.07) is 60.1. The van der Waals surface area contributed by atoms with Crippen LogP contribution in [0.5, 0.6) is 0 Å². The molecule has 51 heavy (non-hydrogen) atoms. The first-order valence-corrected chi connectivity index (χ1v) is 16.7. The van der Waals surface area contributed by atoms with E-state index < -0.39 is 0 Å². The molecular weight excluding hydrogens is 621 g/mol. The van der Waals surface area contributed by atoms with E-state index in [0.717, 1.165) is 65.6 Å². The van der Waals surface area contributed by atoms with Crippen molar-refractivity contribution in [2.75, 3.05) is 0 Å². The Kier molecular flexibility index (Phi) is 6.93. The number of nitrogens with zero attached hydrogens (tertiary/aromatic N) is 4. The Labute approximate surface area is 294 Å². The number of rotatable bonds is 4. The predicted molar refractivity (Wildman–Crippen MR) is 206 cm³/mol. The molecule has 0 radical (unpaired) electrons. The van der Waals surface area contributed by atoms with Crippen molar-refractivity contribution in [2.24, 2.45) is 0 Å². The first-order chi connectivity index (χ1) is 25.2. The summed E-state index contributed by atoms with van der Waals surface area (Å²) in [5.74, 6) is 0. The Morgan fingerprint density at radius 1 is 0.392 bits per heavy atom. The van der Waals surface area contributed by atoms with Crippen molar-refractivity contribution >= 4 is 43.4 Å². The maximum atomic E-state index is 11.0. The standard InChI is InChI=1S/C47H26N4/c48-27-30-24-25-44-40(26-30)33-15-8-9-22-42(33)51(44)43-23-11-20-38(41(43)29-50)46-32(28-49)14-10-21-39(46)47-36-18-6-4-16-34(36)45(31-12-2-1-3-13-31)35-17-5-7-19-37(35)47/h1-26H. The number of nitriles is 3. The maximum Gasteiger partial charge on any atom is 0.102 e. The van der Waals surface area contributed by atoms with Crippen LogP contribution in [0.3, 0.4) is 0 Å². The topological polar surface area (TPSA) is 76.3 Å². The largest absolute Gasteiger partial charge is 0.308 e. The molecule has 0 bridgehead atoms. The van der Waals surface area contributed by atoms with Crippen molar-refractivity contribution in [3.05, 3.63) is 174 Å². The Hall–Kier alpha value is -7.45. The highest BCUT2D eigenvalue weighted by molar-refractivity contribution is 6.22. The fourth-order valence-corrected chi connectivity index (χ4v) is 7.83. The fourth-order valence-electron chi connectivity index (χ4n) is 7.83. The SMILES string of the molecule is N#Cc1ccc2c(c1)c1ccccc1n2-c1cccc(-c2c(C#N)cccc2-c2c3ccccc3c(-c3ccccc3)c3ccccc23)c1C#N. The van der Waals surface area contributed by atoms with Crippen molar-refractivity contribution in [1.29, 1.82) is 15.8 Å². The molecule has 234 valence electrons. The number of hydrogen-bond donors (Lipinski definition) is 0. The highest BCUT2D eigenvalue weighted by atomic mass is 15.0. The molecule has 9 rings (SSSR count). The third-order valence-corrected chi connectivity index (χ3v) is 9.91. The van der Waals surface area contributed by atoms with Gasteiger partial charge in [-0.2, -0.15) is 15.8 Å². The molecule has 0 fully saturated rings. The van der Waals surface area contributed by atoms with Crippen molar-refractivity contribution in [2.45, 2.75) is 0 Å². The lowest BCUT2D eigenvalue weighted by atomic mass is 9.82. The zero-order valence-electron chi connectivity index (χ0n) is 27.3. The van der Waals surface area contributed by atoms with Gasteiger partial charge in [0.1, 0.15) is 6.07 Å². The molecule has 0 aliphatic carbocycles. The van der Waals surface area contributed by atoms with Gasteiger partial charge in [0.25, 0.3) is 0 Å². The van der Waals surface area contributed by atoms with Gasteiger partial charge in [-0.05, 0) is 80.2 Å². The quantitative estimate of drug-likeness (QED) is 0.179. The first kappa shape index (κ1) is 29.7. The molecule has 0 amide bonds. The van der Waals surface area contributed by atoms with E-state index in [1.807, 2.05) is 78.9 Å². The normalized spacial score (nSPS) is 11.1. The average Bonchev–Trinajstić information content (AvgIpc) is 3.53. The highest BCUT2D eigenvalue weighted by Gasteiger charge is 2.24. The zero-order valence-corrected chi connectivity index (χ0v) is 27.3. The summed E-state index contributed by atoms with van der Waals surface area (Å²) in [5.41, 5.74) is 9.65. The smallest absolute Gasteiger partial charge is 0.102 e. The Bertz CT molecular complexity index is 2940. The van der Waals surface area contributed by atoms with E-state index in [2.05, 4.69) is 102 Å². The highest BCUT2D eigenvalue weighted by Crippen LogP contribution is 2.47. The molecule has 0 atom stereocenters. The van der Waals surface area contributed by atoms with E-state index in [1.54, 1.807) is 0 Å². The third-order valence-electron chi connectivity index (χ3n) is 9.91. The van der Waals surface area contributed by atoms with Crippen LogP contribution in [0.2, 0.25) is 0 Å². The molecule has 0 aliphatic rings. The number of benzene rings is 8. The third kappa shape index (κ3) is 4.51. The number of fused-ring (bicyclic) bond motifs is 5. The van der Waals surface area contributed by atoms with E-state index in [9.17, 15) is 15.8 Å². The van der Waals surface area contributed by atoms with Gasteiger partial charge in [0.15, 0.2) is 0 Å². The van der Waals surface area contributed by atoms with Gasteiger partial charge in [0.05, 0.1) is 45.5 Å². The van der Waals surface area contributed by atoms with Crippen molar-refractivity contribution in [3.63, 3.8) is 0 Å². The lowest BCUT2D eigenvalue weighted by Crippen LogP contribution is -2.01. The van der Waals surface area contributed by atoms with Crippen molar-refractivity contribution < 1.29 is 0 Å². The second kappa shape index (κ2) is 11.9. The van der Waals surface area contributed by atoms with Crippen LogP contribution in [0.25, 0.3) is 82.4 Å². The fraction of sp³-hybridized carbons (Fsp3) is 0. The maximum absolute atomic E-state index is 11.0. The van der Waals surface area contributed by atoms with Crippen LogP contribution in [-0.4, -0.2) is 4.57 Å². The van der Waals surface area contributed by atoms with Crippen LogP contribution in [0, 0.1) is 34.0 Å². The van der Waals surface area contributed by atoms with Crippen molar-refractivity contribution in [1.82, 2.24) is 4.57 Å². The minimum atomic E-state index is 0.461. The van der Waals surface area contributed by atoms with Crippen LogP contribution >= 0.6 is 0 Å². The van der Waals surface area contributed by atoms with Gasteiger partial charge in [-0.15, -0.1) is 0 Å². The van der Waals surface area contributed by atoms with Crippen molar-refractivity contribution in [3.8, 4) is 57.3 Å². The lowest BCUT2D eigenvalue weighted by Gasteiger charge is -2.21. The lowest BCUT2D eigenvalue weighted by molar-refractivity contribution is 1.17. The van der Waals surface area contributed by atoms with Gasteiger partial charge in [-0.25, -0.2) is 0 Å². The second-order valence-corrected chi connectivity index (χ2v) is 12.6. The summed E-state index contributed by atoms with van der Waals surface area (Å²) < 4.78 is 2.10. The molecule has 4 heteroatoms. The first-order valence-electron chi connectivity index (χ1n) is 16.7. The van der Waals surface area contributed by atoms with Gasteiger partial charge in [-0.1, -0.05) is 121 Å². The van der Waals surface area contributed by atoms with E-state index in [-0.39, 0.29) is 0 Å².